The van der Waals surface area contributed by atoms with Gasteiger partial charge in [-0.3, -0.25) is 4.79 Å². The molecule has 124 valence electrons. The maximum absolute atomic E-state index is 11.8. The molecular weight excluding hydrogens is 304 g/mol. The van der Waals surface area contributed by atoms with Gasteiger partial charge in [-0.15, -0.1) is 0 Å². The molecule has 0 aliphatic heterocycles. The Morgan fingerprint density at radius 3 is 2.74 bits per heavy atom. The van der Waals surface area contributed by atoms with E-state index in [1.54, 1.807) is 19.1 Å². The van der Waals surface area contributed by atoms with Gasteiger partial charge in [-0.05, 0) is 19.1 Å². The van der Waals surface area contributed by atoms with Gasteiger partial charge < -0.3 is 23.7 Å². The van der Waals surface area contributed by atoms with Crippen molar-refractivity contribution < 1.29 is 28.5 Å². The largest absolute Gasteiger partial charge is 0.504 e. The number of aromatic hydroxyl groups is 1. The van der Waals surface area contributed by atoms with Gasteiger partial charge >= 0.3 is 11.6 Å². The Labute approximate surface area is 132 Å². The molecule has 0 fully saturated rings. The van der Waals surface area contributed by atoms with Crippen LogP contribution in [0.2, 0.25) is 0 Å². The van der Waals surface area contributed by atoms with Crippen molar-refractivity contribution in [2.24, 2.45) is 0 Å². The highest BCUT2D eigenvalue weighted by Crippen LogP contribution is 2.33. The van der Waals surface area contributed by atoms with Gasteiger partial charge in [0.15, 0.2) is 5.75 Å². The SMILES string of the molecule is CCOc1c(O)c2ccc(OCCCOC(C)=O)cc2oc1=O. The number of carbonyl (C=O) groups excluding carboxylic acids is 1. The number of rotatable bonds is 7. The highest BCUT2D eigenvalue weighted by atomic mass is 16.5. The molecule has 0 spiro atoms. The van der Waals surface area contributed by atoms with Crippen molar-refractivity contribution in [2.45, 2.75) is 20.3 Å². The zero-order valence-corrected chi connectivity index (χ0v) is 13.0. The van der Waals surface area contributed by atoms with E-state index in [2.05, 4.69) is 0 Å². The predicted molar refractivity (Wildman–Crippen MR) is 82.1 cm³/mol. The average molecular weight is 322 g/mol. The number of hydrogen-bond acceptors (Lipinski definition) is 7. The Morgan fingerprint density at radius 2 is 2.04 bits per heavy atom. The predicted octanol–water partition coefficient (Wildman–Crippen LogP) is 2.23. The van der Waals surface area contributed by atoms with E-state index in [-0.39, 0.29) is 36.3 Å². The van der Waals surface area contributed by atoms with Crippen LogP contribution in [0.3, 0.4) is 0 Å². The van der Waals surface area contributed by atoms with Gasteiger partial charge in [0, 0.05) is 19.4 Å². The number of fused-ring (bicyclic) bond motifs is 1. The third kappa shape index (κ3) is 4.15. The molecule has 1 N–H and O–H groups in total. The molecule has 7 heteroatoms. The van der Waals surface area contributed by atoms with E-state index in [4.69, 9.17) is 18.6 Å². The molecule has 1 heterocycles. The first-order chi connectivity index (χ1) is 11.0. The summed E-state index contributed by atoms with van der Waals surface area (Å²) in [5, 5.41) is 10.4. The zero-order valence-electron chi connectivity index (χ0n) is 13.0. The van der Waals surface area contributed by atoms with E-state index in [1.807, 2.05) is 0 Å². The normalized spacial score (nSPS) is 10.5. The highest BCUT2D eigenvalue weighted by Gasteiger charge is 2.15. The zero-order chi connectivity index (χ0) is 16.8. The lowest BCUT2D eigenvalue weighted by atomic mass is 10.2. The Balaban J connectivity index is 2.12. The minimum Gasteiger partial charge on any atom is -0.504 e. The molecule has 0 aliphatic rings. The minimum atomic E-state index is -0.746. The number of esters is 1. The van der Waals surface area contributed by atoms with Crippen molar-refractivity contribution >= 4 is 16.9 Å². The first-order valence-corrected chi connectivity index (χ1v) is 7.21. The molecule has 0 saturated carbocycles. The van der Waals surface area contributed by atoms with Gasteiger partial charge in [-0.2, -0.15) is 0 Å². The lowest BCUT2D eigenvalue weighted by Gasteiger charge is -2.09. The molecule has 1 aromatic heterocycles. The van der Waals surface area contributed by atoms with E-state index in [0.717, 1.165) is 0 Å². The van der Waals surface area contributed by atoms with Crippen molar-refractivity contribution in [3.63, 3.8) is 0 Å². The summed E-state index contributed by atoms with van der Waals surface area (Å²) in [6.07, 6.45) is 0.538. The third-order valence-corrected chi connectivity index (χ3v) is 2.96. The number of hydrogen-bond donors (Lipinski definition) is 1. The monoisotopic (exact) mass is 322 g/mol. The van der Waals surface area contributed by atoms with Crippen LogP contribution in [0.15, 0.2) is 27.4 Å². The van der Waals surface area contributed by atoms with Crippen LogP contribution in [0.1, 0.15) is 20.3 Å². The maximum Gasteiger partial charge on any atom is 0.383 e. The lowest BCUT2D eigenvalue weighted by Crippen LogP contribution is -2.07. The van der Waals surface area contributed by atoms with E-state index in [0.29, 0.717) is 24.2 Å². The summed E-state index contributed by atoms with van der Waals surface area (Å²) in [6.45, 7) is 3.90. The summed E-state index contributed by atoms with van der Waals surface area (Å²) in [6, 6.07) is 4.74. The Morgan fingerprint density at radius 1 is 1.26 bits per heavy atom. The fourth-order valence-corrected chi connectivity index (χ4v) is 1.97. The van der Waals surface area contributed by atoms with Gasteiger partial charge in [0.2, 0.25) is 5.75 Å². The van der Waals surface area contributed by atoms with Crippen LogP contribution in [-0.4, -0.2) is 30.9 Å². The van der Waals surface area contributed by atoms with Crippen LogP contribution in [0.25, 0.3) is 11.0 Å². The topological polar surface area (TPSA) is 95.2 Å². The van der Waals surface area contributed by atoms with Crippen molar-refractivity contribution in [1.82, 2.24) is 0 Å². The molecule has 2 rings (SSSR count). The average Bonchev–Trinajstić information content (AvgIpc) is 2.50. The van der Waals surface area contributed by atoms with Gasteiger partial charge in [-0.25, -0.2) is 4.79 Å². The van der Waals surface area contributed by atoms with E-state index < -0.39 is 5.63 Å². The van der Waals surface area contributed by atoms with E-state index >= 15 is 0 Å². The number of carbonyl (C=O) groups is 1. The molecule has 23 heavy (non-hydrogen) atoms. The number of ether oxygens (including phenoxy) is 3. The highest BCUT2D eigenvalue weighted by molar-refractivity contribution is 5.86. The van der Waals surface area contributed by atoms with Gasteiger partial charge in [0.1, 0.15) is 11.3 Å². The molecule has 0 bridgehead atoms. The molecule has 1 aromatic carbocycles. The summed E-state index contributed by atoms with van der Waals surface area (Å²) in [7, 11) is 0. The molecule has 0 atom stereocenters. The summed E-state index contributed by atoms with van der Waals surface area (Å²) in [5.74, 6) is -0.306. The minimum absolute atomic E-state index is 0.199. The van der Waals surface area contributed by atoms with Gasteiger partial charge in [-0.1, -0.05) is 0 Å². The fourth-order valence-electron chi connectivity index (χ4n) is 1.97. The summed E-state index contributed by atoms with van der Waals surface area (Å²) >= 11 is 0. The van der Waals surface area contributed by atoms with Crippen molar-refractivity contribution in [2.75, 3.05) is 19.8 Å². The maximum atomic E-state index is 11.8. The molecule has 7 nitrogen and oxygen atoms in total. The second-order valence-electron chi connectivity index (χ2n) is 4.70. The first-order valence-electron chi connectivity index (χ1n) is 7.21. The van der Waals surface area contributed by atoms with Crippen LogP contribution in [0, 0.1) is 0 Å². The lowest BCUT2D eigenvalue weighted by molar-refractivity contribution is -0.141. The van der Waals surface area contributed by atoms with E-state index in [1.165, 1.54) is 13.0 Å². The van der Waals surface area contributed by atoms with E-state index in [9.17, 15) is 14.7 Å². The molecule has 0 saturated heterocycles. The molecule has 0 radical (unpaired) electrons. The number of benzene rings is 1. The Bertz CT molecular complexity index is 748. The quantitative estimate of drug-likeness (QED) is 0.474. The first kappa shape index (κ1) is 16.7. The van der Waals surface area contributed by atoms with Crippen LogP contribution in [-0.2, 0) is 9.53 Å². The second kappa shape index (κ2) is 7.53. The Hall–Kier alpha value is -2.70. The van der Waals surface area contributed by atoms with Crippen LogP contribution >= 0.6 is 0 Å². The van der Waals surface area contributed by atoms with Crippen molar-refractivity contribution in [3.8, 4) is 17.2 Å². The van der Waals surface area contributed by atoms with Crippen molar-refractivity contribution in [3.05, 3.63) is 28.6 Å². The Kier molecular flexibility index (Phi) is 5.46. The van der Waals surface area contributed by atoms with Crippen LogP contribution < -0.4 is 15.1 Å². The molecule has 0 unspecified atom stereocenters. The van der Waals surface area contributed by atoms with Crippen LogP contribution in [0.5, 0.6) is 17.2 Å². The fraction of sp³-hybridized carbons (Fsp3) is 0.375. The molecule has 0 amide bonds. The summed E-state index contributed by atoms with van der Waals surface area (Å²) in [5.41, 5.74) is -0.544. The van der Waals surface area contributed by atoms with Gasteiger partial charge in [0.05, 0.1) is 25.2 Å². The van der Waals surface area contributed by atoms with Crippen LogP contribution in [0.4, 0.5) is 0 Å². The molecular formula is C16H18O7. The van der Waals surface area contributed by atoms with Gasteiger partial charge in [0.25, 0.3) is 0 Å². The summed E-state index contributed by atoms with van der Waals surface area (Å²) < 4.78 is 20.5. The molecule has 2 aromatic rings. The smallest absolute Gasteiger partial charge is 0.383 e. The standard InChI is InChI=1S/C16H18O7/c1-3-20-15-14(18)12-6-5-11(9-13(12)23-16(15)19)22-8-4-7-21-10(2)17/h5-6,9,18H,3-4,7-8H2,1-2H3. The molecule has 0 aliphatic carbocycles. The van der Waals surface area contributed by atoms with Crippen molar-refractivity contribution in [1.29, 1.82) is 0 Å². The third-order valence-electron chi connectivity index (χ3n) is 2.96. The summed E-state index contributed by atoms with van der Waals surface area (Å²) in [4.78, 5) is 22.4. The second-order valence-corrected chi connectivity index (χ2v) is 4.70.